The molecule has 7 nitrogen and oxygen atoms in total. The van der Waals surface area contributed by atoms with Gasteiger partial charge in [-0.25, -0.2) is 4.98 Å². The number of aromatic nitrogens is 2. The van der Waals surface area contributed by atoms with Crippen LogP contribution in [-0.2, 0) is 13.1 Å². The monoisotopic (exact) mass is 501 g/mol. The Morgan fingerprint density at radius 1 is 0.757 bits per heavy atom. The summed E-state index contributed by atoms with van der Waals surface area (Å²) in [6, 6.07) is 18.3. The largest absolute Gasteiger partial charge is 0.367 e. The summed E-state index contributed by atoms with van der Waals surface area (Å²) in [5.74, 6) is 1.60. The molecule has 0 bridgehead atoms. The maximum Gasteiger partial charge on any atom is 0.225 e. The molecule has 0 unspecified atom stereocenters. The maximum atomic E-state index is 4.85. The summed E-state index contributed by atoms with van der Waals surface area (Å²) in [7, 11) is 0. The summed E-state index contributed by atoms with van der Waals surface area (Å²) in [6.45, 7) is 5.89. The molecular weight excluding hydrogens is 458 g/mol. The zero-order chi connectivity index (χ0) is 25.1. The average Bonchev–Trinajstić information content (AvgIpc) is 2.95. The van der Waals surface area contributed by atoms with Crippen molar-refractivity contribution in [3.63, 3.8) is 0 Å². The lowest BCUT2D eigenvalue weighted by molar-refractivity contribution is 0.371. The Morgan fingerprint density at radius 2 is 1.51 bits per heavy atom. The van der Waals surface area contributed by atoms with E-state index in [0.717, 1.165) is 68.3 Å². The predicted molar refractivity (Wildman–Crippen MR) is 154 cm³/mol. The van der Waals surface area contributed by atoms with Crippen molar-refractivity contribution in [1.29, 1.82) is 0 Å². The molecule has 198 valence electrons. The number of nitrogens with zero attached hydrogens (tertiary/aromatic N) is 2. The van der Waals surface area contributed by atoms with Crippen LogP contribution < -0.4 is 26.6 Å². The number of anilines is 2. The van der Waals surface area contributed by atoms with E-state index >= 15 is 0 Å². The molecule has 5 N–H and O–H groups in total. The van der Waals surface area contributed by atoms with E-state index in [9.17, 15) is 0 Å². The van der Waals surface area contributed by atoms with Crippen molar-refractivity contribution in [1.82, 2.24) is 25.9 Å². The van der Waals surface area contributed by atoms with Gasteiger partial charge in [0, 0.05) is 30.6 Å². The van der Waals surface area contributed by atoms with Gasteiger partial charge in [0.05, 0.1) is 5.52 Å². The summed E-state index contributed by atoms with van der Waals surface area (Å²) in [6.07, 6.45) is 10.3. The quantitative estimate of drug-likeness (QED) is 0.228. The van der Waals surface area contributed by atoms with Crippen LogP contribution in [0.4, 0.5) is 11.8 Å². The molecule has 2 aromatic carbocycles. The fraction of sp³-hybridized carbons (Fsp3) is 0.533. The summed E-state index contributed by atoms with van der Waals surface area (Å²) in [5.41, 5.74) is 3.51. The third kappa shape index (κ3) is 7.87. The van der Waals surface area contributed by atoms with Crippen LogP contribution in [0.15, 0.2) is 48.5 Å². The molecule has 37 heavy (non-hydrogen) atoms. The number of benzene rings is 2. The molecule has 2 aliphatic rings. The fourth-order valence-corrected chi connectivity index (χ4v) is 5.44. The van der Waals surface area contributed by atoms with E-state index in [1.54, 1.807) is 0 Å². The molecule has 3 aromatic rings. The zero-order valence-corrected chi connectivity index (χ0v) is 22.1. The number of hydrogen-bond donors (Lipinski definition) is 5. The molecule has 0 amide bonds. The van der Waals surface area contributed by atoms with Crippen LogP contribution in [0.2, 0.25) is 0 Å². The first-order valence-electron chi connectivity index (χ1n) is 14.3. The van der Waals surface area contributed by atoms with Crippen molar-refractivity contribution in [3.8, 4) is 0 Å². The minimum absolute atomic E-state index is 0.446. The first-order chi connectivity index (χ1) is 18.3. The number of fused-ring (bicyclic) bond motifs is 1. The van der Waals surface area contributed by atoms with E-state index in [-0.39, 0.29) is 0 Å². The standard InChI is InChI=1S/C30H43N7/c1-2-7-25(8-3-1)33-18-6-17-32-21-23-11-13-24(14-12-23)22-34-30-36-28-10-5-4-9-27(28)29(37-30)35-26-15-19-31-20-16-26/h4-5,9-14,25-26,31-33H,1-3,6-8,15-22H2,(H2,34,35,36,37). The fourth-order valence-electron chi connectivity index (χ4n) is 5.44. The Hall–Kier alpha value is -2.74. The van der Waals surface area contributed by atoms with Crippen LogP contribution in [-0.4, -0.2) is 48.2 Å². The van der Waals surface area contributed by atoms with E-state index in [4.69, 9.17) is 9.97 Å². The van der Waals surface area contributed by atoms with Crippen LogP contribution in [0.25, 0.3) is 10.9 Å². The molecule has 1 saturated carbocycles. The number of nitrogens with one attached hydrogen (secondary N) is 5. The zero-order valence-electron chi connectivity index (χ0n) is 22.1. The van der Waals surface area contributed by atoms with Gasteiger partial charge in [-0.2, -0.15) is 4.98 Å². The van der Waals surface area contributed by atoms with Crippen LogP contribution in [0.3, 0.4) is 0 Å². The first-order valence-corrected chi connectivity index (χ1v) is 14.3. The molecule has 0 atom stereocenters. The van der Waals surface area contributed by atoms with E-state index in [2.05, 4.69) is 69.0 Å². The van der Waals surface area contributed by atoms with Crippen molar-refractivity contribution >= 4 is 22.7 Å². The van der Waals surface area contributed by atoms with Gasteiger partial charge in [0.15, 0.2) is 0 Å². The molecular formula is C30H43N7. The Kier molecular flexibility index (Phi) is 9.59. The number of piperidine rings is 1. The normalized spacial score (nSPS) is 17.2. The van der Waals surface area contributed by atoms with Crippen LogP contribution in [0, 0.1) is 0 Å². The SMILES string of the molecule is c1ccc2c(NC3CCNCC3)nc(NCc3ccc(CNCCCNC4CCCCC4)cc3)nc2c1. The number of hydrogen-bond acceptors (Lipinski definition) is 7. The number of para-hydroxylation sites is 1. The summed E-state index contributed by atoms with van der Waals surface area (Å²) in [5, 5.41) is 18.9. The van der Waals surface area contributed by atoms with Gasteiger partial charge in [-0.3, -0.25) is 0 Å². The van der Waals surface area contributed by atoms with Gasteiger partial charge < -0.3 is 26.6 Å². The molecule has 1 aromatic heterocycles. The molecule has 2 heterocycles. The Bertz CT molecular complexity index is 1090. The van der Waals surface area contributed by atoms with Crippen molar-refractivity contribution in [3.05, 3.63) is 59.7 Å². The minimum atomic E-state index is 0.446. The maximum absolute atomic E-state index is 4.85. The van der Waals surface area contributed by atoms with E-state index in [1.807, 2.05) is 6.07 Å². The van der Waals surface area contributed by atoms with Gasteiger partial charge in [-0.15, -0.1) is 0 Å². The summed E-state index contributed by atoms with van der Waals surface area (Å²) >= 11 is 0. The summed E-state index contributed by atoms with van der Waals surface area (Å²) in [4.78, 5) is 9.62. The van der Waals surface area contributed by atoms with Gasteiger partial charge >= 0.3 is 0 Å². The van der Waals surface area contributed by atoms with Crippen LogP contribution in [0.1, 0.15) is 62.5 Å². The van der Waals surface area contributed by atoms with Crippen LogP contribution in [0.5, 0.6) is 0 Å². The minimum Gasteiger partial charge on any atom is -0.367 e. The van der Waals surface area contributed by atoms with Crippen LogP contribution >= 0.6 is 0 Å². The second-order valence-electron chi connectivity index (χ2n) is 10.6. The molecule has 7 heteroatoms. The van der Waals surface area contributed by atoms with E-state index in [0.29, 0.717) is 18.5 Å². The molecule has 0 spiro atoms. The highest BCUT2D eigenvalue weighted by atomic mass is 15.2. The van der Waals surface area contributed by atoms with Gasteiger partial charge in [-0.1, -0.05) is 55.7 Å². The van der Waals surface area contributed by atoms with Gasteiger partial charge in [0.1, 0.15) is 5.82 Å². The molecule has 2 fully saturated rings. The first kappa shape index (κ1) is 25.9. The van der Waals surface area contributed by atoms with Crippen molar-refractivity contribution in [2.24, 2.45) is 0 Å². The van der Waals surface area contributed by atoms with Crippen molar-refractivity contribution < 1.29 is 0 Å². The van der Waals surface area contributed by atoms with Gasteiger partial charge in [0.2, 0.25) is 5.95 Å². The third-order valence-corrected chi connectivity index (χ3v) is 7.65. The predicted octanol–water partition coefficient (Wildman–Crippen LogP) is 4.81. The highest BCUT2D eigenvalue weighted by Crippen LogP contribution is 2.24. The Labute approximate surface area is 221 Å². The smallest absolute Gasteiger partial charge is 0.225 e. The Morgan fingerprint density at radius 3 is 2.32 bits per heavy atom. The topological polar surface area (TPSA) is 85.9 Å². The number of rotatable bonds is 12. The molecule has 0 radical (unpaired) electrons. The third-order valence-electron chi connectivity index (χ3n) is 7.65. The van der Waals surface area contributed by atoms with Gasteiger partial charge in [0.25, 0.3) is 0 Å². The molecule has 1 aliphatic carbocycles. The lowest BCUT2D eigenvalue weighted by atomic mass is 9.95. The van der Waals surface area contributed by atoms with Crippen molar-refractivity contribution in [2.75, 3.05) is 36.8 Å². The Balaban J connectivity index is 1.08. The van der Waals surface area contributed by atoms with Gasteiger partial charge in [-0.05, 0) is 81.5 Å². The lowest BCUT2D eigenvalue weighted by Crippen LogP contribution is -2.35. The summed E-state index contributed by atoms with van der Waals surface area (Å²) < 4.78 is 0. The highest BCUT2D eigenvalue weighted by molar-refractivity contribution is 5.90. The second-order valence-corrected chi connectivity index (χ2v) is 10.6. The highest BCUT2D eigenvalue weighted by Gasteiger charge is 2.16. The van der Waals surface area contributed by atoms with Crippen molar-refractivity contribution in [2.45, 2.75) is 76.5 Å². The average molecular weight is 502 g/mol. The molecule has 5 rings (SSSR count). The second kappa shape index (κ2) is 13.7. The van der Waals surface area contributed by atoms with E-state index in [1.165, 1.54) is 49.7 Å². The lowest BCUT2D eigenvalue weighted by Gasteiger charge is -2.25. The molecule has 1 aliphatic heterocycles. The molecule has 1 saturated heterocycles. The van der Waals surface area contributed by atoms with E-state index < -0.39 is 0 Å².